The van der Waals surface area contributed by atoms with Crippen LogP contribution in [0.2, 0.25) is 0 Å². The van der Waals surface area contributed by atoms with Gasteiger partial charge in [0.2, 0.25) is 0 Å². The highest BCUT2D eigenvalue weighted by Crippen LogP contribution is 2.27. The van der Waals surface area contributed by atoms with Gasteiger partial charge in [-0.2, -0.15) is 13.2 Å². The van der Waals surface area contributed by atoms with E-state index in [1.807, 2.05) is 0 Å². The molecule has 1 aliphatic rings. The van der Waals surface area contributed by atoms with E-state index in [1.165, 1.54) is 4.90 Å². The Balaban J connectivity index is 2.54. The molecule has 1 fully saturated rings. The van der Waals surface area contributed by atoms with Crippen molar-refractivity contribution in [2.75, 3.05) is 26.2 Å². The van der Waals surface area contributed by atoms with E-state index in [-0.39, 0.29) is 6.42 Å². The second-order valence-electron chi connectivity index (χ2n) is 3.25. The summed E-state index contributed by atoms with van der Waals surface area (Å²) >= 11 is 0. The number of nitrogens with one attached hydrogen (secondary N) is 1. The number of rotatable bonds is 2. The van der Waals surface area contributed by atoms with Gasteiger partial charge >= 0.3 is 6.18 Å². The van der Waals surface area contributed by atoms with Crippen LogP contribution in [-0.4, -0.2) is 43.3 Å². The molecule has 13 heavy (non-hydrogen) atoms. The highest BCUT2D eigenvalue weighted by molar-refractivity contribution is 4.80. The Morgan fingerprint density at radius 2 is 1.85 bits per heavy atom. The summed E-state index contributed by atoms with van der Waals surface area (Å²) in [7, 11) is 0. The number of hydrogen-bond donors (Lipinski definition) is 1. The van der Waals surface area contributed by atoms with Gasteiger partial charge < -0.3 is 5.32 Å². The zero-order chi connectivity index (χ0) is 9.90. The third kappa shape index (κ3) is 2.84. The predicted octanol–water partition coefficient (Wildman–Crippen LogP) is 1.23. The summed E-state index contributed by atoms with van der Waals surface area (Å²) in [5.74, 6) is 0. The molecule has 1 N–H and O–H groups in total. The average Bonchev–Trinajstić information content (AvgIpc) is 2.05. The van der Waals surface area contributed by atoms with Crippen LogP contribution in [0.1, 0.15) is 13.3 Å². The quantitative estimate of drug-likeness (QED) is 0.714. The first kappa shape index (κ1) is 10.8. The summed E-state index contributed by atoms with van der Waals surface area (Å²) in [5.41, 5.74) is 0. The van der Waals surface area contributed by atoms with E-state index in [2.05, 4.69) is 5.32 Å². The minimum Gasteiger partial charge on any atom is -0.314 e. The molecule has 1 atom stereocenters. The smallest absolute Gasteiger partial charge is 0.314 e. The lowest BCUT2D eigenvalue weighted by molar-refractivity contribution is -0.185. The van der Waals surface area contributed by atoms with Crippen molar-refractivity contribution in [1.82, 2.24) is 10.2 Å². The molecule has 0 amide bonds. The number of halogens is 3. The lowest BCUT2D eigenvalue weighted by Crippen LogP contribution is -2.53. The molecule has 2 nitrogen and oxygen atoms in total. The fourth-order valence-electron chi connectivity index (χ4n) is 1.69. The maximum Gasteiger partial charge on any atom is 0.404 e. The third-order valence-electron chi connectivity index (χ3n) is 2.36. The van der Waals surface area contributed by atoms with Gasteiger partial charge in [-0.1, -0.05) is 6.92 Å². The predicted molar refractivity (Wildman–Crippen MR) is 44.6 cm³/mol. The molecule has 5 heteroatoms. The molecular formula is C8H15F3N2. The molecule has 0 aromatic heterocycles. The fraction of sp³-hybridized carbons (Fsp3) is 1.00. The van der Waals surface area contributed by atoms with Crippen LogP contribution in [0.5, 0.6) is 0 Å². The molecule has 0 aromatic rings. The van der Waals surface area contributed by atoms with Gasteiger partial charge in [0, 0.05) is 26.2 Å². The van der Waals surface area contributed by atoms with Gasteiger partial charge in [-0.25, -0.2) is 0 Å². The largest absolute Gasteiger partial charge is 0.404 e. The standard InChI is InChI=1S/C8H15F3N2/c1-2-7(8(9,10)11)13-5-3-12-4-6-13/h7,12H,2-6H2,1H3/t7-/m1/s1. The van der Waals surface area contributed by atoms with E-state index in [0.29, 0.717) is 26.2 Å². The van der Waals surface area contributed by atoms with Crippen molar-refractivity contribution in [3.05, 3.63) is 0 Å². The van der Waals surface area contributed by atoms with E-state index in [1.54, 1.807) is 6.92 Å². The minimum atomic E-state index is -4.08. The molecular weight excluding hydrogens is 181 g/mol. The summed E-state index contributed by atoms with van der Waals surface area (Å²) in [4.78, 5) is 1.51. The van der Waals surface area contributed by atoms with Crippen LogP contribution in [0, 0.1) is 0 Å². The van der Waals surface area contributed by atoms with Crippen molar-refractivity contribution in [3.8, 4) is 0 Å². The Hall–Kier alpha value is -0.290. The van der Waals surface area contributed by atoms with Gasteiger partial charge in [-0.3, -0.25) is 4.90 Å². The van der Waals surface area contributed by atoms with Crippen molar-refractivity contribution in [1.29, 1.82) is 0 Å². The first-order chi connectivity index (χ1) is 6.05. The van der Waals surface area contributed by atoms with E-state index in [9.17, 15) is 13.2 Å². The normalized spacial score (nSPS) is 23.1. The van der Waals surface area contributed by atoms with Gasteiger partial charge in [-0.05, 0) is 6.42 Å². The average molecular weight is 196 g/mol. The summed E-state index contributed by atoms with van der Waals surface area (Å²) in [5, 5.41) is 3.04. The van der Waals surface area contributed by atoms with Gasteiger partial charge in [0.1, 0.15) is 6.04 Å². The molecule has 0 unspecified atom stereocenters. The van der Waals surface area contributed by atoms with E-state index in [0.717, 1.165) is 0 Å². The number of nitrogens with zero attached hydrogens (tertiary/aromatic N) is 1. The highest BCUT2D eigenvalue weighted by atomic mass is 19.4. The lowest BCUT2D eigenvalue weighted by atomic mass is 10.1. The molecule has 0 aromatic carbocycles. The molecule has 78 valence electrons. The second-order valence-corrected chi connectivity index (χ2v) is 3.25. The van der Waals surface area contributed by atoms with Crippen LogP contribution in [0.25, 0.3) is 0 Å². The third-order valence-corrected chi connectivity index (χ3v) is 2.36. The summed E-state index contributed by atoms with van der Waals surface area (Å²) in [6, 6.07) is -1.26. The van der Waals surface area contributed by atoms with Crippen LogP contribution in [0.3, 0.4) is 0 Å². The highest BCUT2D eigenvalue weighted by Gasteiger charge is 2.42. The Morgan fingerprint density at radius 1 is 1.31 bits per heavy atom. The molecule has 0 aliphatic carbocycles. The van der Waals surface area contributed by atoms with Crippen molar-refractivity contribution >= 4 is 0 Å². The molecule has 1 saturated heterocycles. The van der Waals surface area contributed by atoms with E-state index in [4.69, 9.17) is 0 Å². The first-order valence-electron chi connectivity index (χ1n) is 4.57. The maximum absolute atomic E-state index is 12.4. The lowest BCUT2D eigenvalue weighted by Gasteiger charge is -2.35. The number of hydrogen-bond acceptors (Lipinski definition) is 2. The second kappa shape index (κ2) is 4.28. The zero-order valence-electron chi connectivity index (χ0n) is 7.69. The van der Waals surface area contributed by atoms with Crippen LogP contribution >= 0.6 is 0 Å². The molecule has 0 radical (unpaired) electrons. The van der Waals surface area contributed by atoms with Crippen LogP contribution in [0.4, 0.5) is 13.2 Å². The SMILES string of the molecule is CC[C@@H](N1CCNCC1)C(F)(F)F. The Labute approximate surface area is 76.1 Å². The summed E-state index contributed by atoms with van der Waals surface area (Å²) in [6.07, 6.45) is -3.93. The van der Waals surface area contributed by atoms with Crippen molar-refractivity contribution in [2.24, 2.45) is 0 Å². The minimum absolute atomic E-state index is 0.142. The monoisotopic (exact) mass is 196 g/mol. The van der Waals surface area contributed by atoms with Crippen LogP contribution in [-0.2, 0) is 0 Å². The molecule has 1 aliphatic heterocycles. The van der Waals surface area contributed by atoms with Crippen molar-refractivity contribution in [2.45, 2.75) is 25.6 Å². The topological polar surface area (TPSA) is 15.3 Å². The molecule has 1 rings (SSSR count). The van der Waals surface area contributed by atoms with Crippen molar-refractivity contribution in [3.63, 3.8) is 0 Å². The number of alkyl halides is 3. The molecule has 1 heterocycles. The summed E-state index contributed by atoms with van der Waals surface area (Å²) in [6.45, 7) is 3.90. The van der Waals surface area contributed by atoms with E-state index >= 15 is 0 Å². The van der Waals surface area contributed by atoms with Gasteiger partial charge in [0.05, 0.1) is 0 Å². The Bertz CT molecular complexity index is 152. The van der Waals surface area contributed by atoms with Crippen molar-refractivity contribution < 1.29 is 13.2 Å². The van der Waals surface area contributed by atoms with Gasteiger partial charge in [0.25, 0.3) is 0 Å². The molecule has 0 spiro atoms. The summed E-state index contributed by atoms with van der Waals surface area (Å²) < 4.78 is 37.3. The zero-order valence-corrected chi connectivity index (χ0v) is 7.69. The Morgan fingerprint density at radius 3 is 2.23 bits per heavy atom. The van der Waals surface area contributed by atoms with Crippen LogP contribution in [0.15, 0.2) is 0 Å². The molecule has 0 saturated carbocycles. The Kier molecular flexibility index (Phi) is 3.55. The van der Waals surface area contributed by atoms with Crippen LogP contribution < -0.4 is 5.32 Å². The fourth-order valence-corrected chi connectivity index (χ4v) is 1.69. The maximum atomic E-state index is 12.4. The van der Waals surface area contributed by atoms with E-state index < -0.39 is 12.2 Å². The molecule has 0 bridgehead atoms. The van der Waals surface area contributed by atoms with Gasteiger partial charge in [-0.15, -0.1) is 0 Å². The number of piperazine rings is 1. The van der Waals surface area contributed by atoms with Gasteiger partial charge in [0.15, 0.2) is 0 Å². The first-order valence-corrected chi connectivity index (χ1v) is 4.57.